The Labute approximate surface area is 146 Å². The minimum Gasteiger partial charge on any atom is -0.299 e. The second-order valence-corrected chi connectivity index (χ2v) is 9.96. The molecule has 1 aromatic rings. The number of likely N-dealkylation sites (tertiary alicyclic amines) is 1. The number of rotatable bonds is 5. The van der Waals surface area contributed by atoms with Crippen LogP contribution in [0.5, 0.6) is 0 Å². The number of nitrogens with zero attached hydrogens (tertiary/aromatic N) is 3. The zero-order chi connectivity index (χ0) is 17.2. The molecule has 0 saturated carbocycles. The molecule has 0 amide bonds. The highest BCUT2D eigenvalue weighted by Crippen LogP contribution is 2.33. The molecule has 0 unspecified atom stereocenters. The fraction of sp³-hybridized carbons (Fsp3) is 0.722. The monoisotopic (exact) mass is 351 g/mol. The van der Waals surface area contributed by atoms with Gasteiger partial charge in [-0.25, -0.2) is 12.7 Å². The number of hydrogen-bond acceptors (Lipinski definition) is 4. The molecule has 0 bridgehead atoms. The fourth-order valence-electron chi connectivity index (χ4n) is 4.00. The lowest BCUT2D eigenvalue weighted by atomic mass is 9.84. The molecule has 1 aromatic heterocycles. The summed E-state index contributed by atoms with van der Waals surface area (Å²) in [5, 5.41) is -0.308. The van der Waals surface area contributed by atoms with Crippen LogP contribution in [-0.2, 0) is 16.6 Å². The smallest absolute Gasteiger partial charge is 0.216 e. The third kappa shape index (κ3) is 3.98. The van der Waals surface area contributed by atoms with Crippen molar-refractivity contribution < 1.29 is 8.42 Å². The lowest BCUT2D eigenvalue weighted by Gasteiger charge is -2.34. The Balaban J connectivity index is 1.49. The van der Waals surface area contributed by atoms with E-state index in [0.29, 0.717) is 18.4 Å². The summed E-state index contributed by atoms with van der Waals surface area (Å²) in [5.41, 5.74) is 1.27. The van der Waals surface area contributed by atoms with Crippen LogP contribution in [0.25, 0.3) is 0 Å². The Morgan fingerprint density at radius 2 is 1.88 bits per heavy atom. The third-order valence-corrected chi connectivity index (χ3v) is 7.81. The van der Waals surface area contributed by atoms with Crippen molar-refractivity contribution in [1.82, 2.24) is 14.2 Å². The van der Waals surface area contributed by atoms with Gasteiger partial charge in [-0.05, 0) is 69.7 Å². The first-order valence-corrected chi connectivity index (χ1v) is 10.6. The number of piperidine rings is 1. The van der Waals surface area contributed by atoms with Crippen LogP contribution >= 0.6 is 0 Å². The fourth-order valence-corrected chi connectivity index (χ4v) is 5.36. The van der Waals surface area contributed by atoms with E-state index in [9.17, 15) is 8.42 Å². The molecule has 2 fully saturated rings. The van der Waals surface area contributed by atoms with Crippen molar-refractivity contribution >= 4 is 10.0 Å². The van der Waals surface area contributed by atoms with Gasteiger partial charge in [0.05, 0.1) is 5.25 Å². The molecule has 24 heavy (non-hydrogen) atoms. The van der Waals surface area contributed by atoms with Crippen LogP contribution in [0.3, 0.4) is 0 Å². The van der Waals surface area contributed by atoms with Crippen LogP contribution in [0.15, 0.2) is 24.5 Å². The maximum atomic E-state index is 12.3. The van der Waals surface area contributed by atoms with Crippen LogP contribution in [0.1, 0.15) is 38.7 Å². The number of pyridine rings is 1. The minimum atomic E-state index is -3.08. The van der Waals surface area contributed by atoms with E-state index in [4.69, 9.17) is 0 Å². The van der Waals surface area contributed by atoms with Gasteiger partial charge in [0.1, 0.15) is 0 Å². The van der Waals surface area contributed by atoms with Crippen molar-refractivity contribution in [2.45, 2.75) is 44.9 Å². The van der Waals surface area contributed by atoms with Gasteiger partial charge in [-0.2, -0.15) is 0 Å². The van der Waals surface area contributed by atoms with E-state index in [1.54, 1.807) is 18.2 Å². The van der Waals surface area contributed by atoms with Gasteiger partial charge in [0.15, 0.2) is 0 Å². The van der Waals surface area contributed by atoms with E-state index in [1.807, 2.05) is 18.5 Å². The highest BCUT2D eigenvalue weighted by Gasteiger charge is 2.37. The molecular weight excluding hydrogens is 322 g/mol. The molecule has 2 saturated heterocycles. The molecular formula is C18H29N3O2S. The minimum absolute atomic E-state index is 0.308. The van der Waals surface area contributed by atoms with Crippen LogP contribution in [0, 0.1) is 11.8 Å². The van der Waals surface area contributed by atoms with Crippen molar-refractivity contribution in [3.63, 3.8) is 0 Å². The van der Waals surface area contributed by atoms with Crippen LogP contribution in [-0.4, -0.2) is 54.0 Å². The predicted octanol–water partition coefficient (Wildman–Crippen LogP) is 2.35. The molecule has 3 rings (SSSR count). The molecule has 2 aliphatic heterocycles. The first-order chi connectivity index (χ1) is 11.5. The Morgan fingerprint density at radius 3 is 2.50 bits per heavy atom. The largest absolute Gasteiger partial charge is 0.299 e. The van der Waals surface area contributed by atoms with Crippen molar-refractivity contribution in [3.05, 3.63) is 30.1 Å². The number of hydrogen-bond donors (Lipinski definition) is 0. The molecule has 134 valence electrons. The SMILES string of the molecule is CC(C)S(=O)(=O)N1CC[C@H](C2CCN(Cc3cccnc3)CC2)C1. The Morgan fingerprint density at radius 1 is 1.17 bits per heavy atom. The van der Waals surface area contributed by atoms with Crippen LogP contribution < -0.4 is 0 Å². The molecule has 6 heteroatoms. The predicted molar refractivity (Wildman–Crippen MR) is 96.0 cm³/mol. The molecule has 0 aliphatic carbocycles. The lowest BCUT2D eigenvalue weighted by molar-refractivity contribution is 0.144. The van der Waals surface area contributed by atoms with Crippen molar-refractivity contribution in [2.75, 3.05) is 26.2 Å². The summed E-state index contributed by atoms with van der Waals surface area (Å²) >= 11 is 0. The summed E-state index contributed by atoms with van der Waals surface area (Å²) in [6.07, 6.45) is 7.14. The van der Waals surface area contributed by atoms with Crippen molar-refractivity contribution in [1.29, 1.82) is 0 Å². The van der Waals surface area contributed by atoms with Gasteiger partial charge in [-0.15, -0.1) is 0 Å². The van der Waals surface area contributed by atoms with Crippen molar-refractivity contribution in [2.24, 2.45) is 11.8 Å². The molecule has 2 aliphatic rings. The van der Waals surface area contributed by atoms with E-state index >= 15 is 0 Å². The Bertz CT molecular complexity index is 625. The first kappa shape index (κ1) is 17.8. The average Bonchev–Trinajstić information content (AvgIpc) is 3.07. The topological polar surface area (TPSA) is 53.5 Å². The van der Waals surface area contributed by atoms with Gasteiger partial charge in [0.25, 0.3) is 0 Å². The van der Waals surface area contributed by atoms with Crippen LogP contribution in [0.4, 0.5) is 0 Å². The zero-order valence-electron chi connectivity index (χ0n) is 14.8. The standard InChI is InChI=1S/C18H29N3O2S/c1-15(2)24(22,23)21-11-7-18(14-21)17-5-9-20(10-6-17)13-16-4-3-8-19-12-16/h3-4,8,12,15,17-18H,5-7,9-11,13-14H2,1-2H3/t18-/m0/s1. The average molecular weight is 352 g/mol. The zero-order valence-corrected chi connectivity index (χ0v) is 15.6. The second-order valence-electron chi connectivity index (χ2n) is 7.48. The number of sulfonamides is 1. The van der Waals surface area contributed by atoms with Crippen molar-refractivity contribution in [3.8, 4) is 0 Å². The lowest BCUT2D eigenvalue weighted by Crippen LogP contribution is -2.38. The molecule has 1 atom stereocenters. The summed E-state index contributed by atoms with van der Waals surface area (Å²) in [5.74, 6) is 1.21. The van der Waals surface area contributed by atoms with E-state index < -0.39 is 10.0 Å². The Hall–Kier alpha value is -0.980. The summed E-state index contributed by atoms with van der Waals surface area (Å²) in [6, 6.07) is 4.12. The van der Waals surface area contributed by atoms with Gasteiger partial charge in [-0.1, -0.05) is 6.07 Å². The molecule has 3 heterocycles. The van der Waals surface area contributed by atoms with Gasteiger partial charge in [0.2, 0.25) is 10.0 Å². The highest BCUT2D eigenvalue weighted by atomic mass is 32.2. The Kier molecular flexibility index (Phi) is 5.57. The molecule has 0 spiro atoms. The second kappa shape index (κ2) is 7.50. The summed E-state index contributed by atoms with van der Waals surface area (Å²) in [6.45, 7) is 8.17. The van der Waals surface area contributed by atoms with Gasteiger partial charge in [-0.3, -0.25) is 9.88 Å². The molecule has 5 nitrogen and oxygen atoms in total. The van der Waals surface area contributed by atoms with Gasteiger partial charge >= 0.3 is 0 Å². The maximum Gasteiger partial charge on any atom is 0.216 e. The van der Waals surface area contributed by atoms with E-state index in [-0.39, 0.29) is 5.25 Å². The first-order valence-electron chi connectivity index (χ1n) is 9.07. The van der Waals surface area contributed by atoms with E-state index in [0.717, 1.165) is 32.6 Å². The van der Waals surface area contributed by atoms with E-state index in [2.05, 4.69) is 16.0 Å². The normalized spacial score (nSPS) is 24.7. The summed E-state index contributed by atoms with van der Waals surface area (Å²) < 4.78 is 26.4. The molecule has 0 radical (unpaired) electrons. The summed E-state index contributed by atoms with van der Waals surface area (Å²) in [4.78, 5) is 6.68. The number of aromatic nitrogens is 1. The van der Waals surface area contributed by atoms with Gasteiger partial charge < -0.3 is 0 Å². The maximum absolute atomic E-state index is 12.3. The quantitative estimate of drug-likeness (QED) is 0.817. The van der Waals surface area contributed by atoms with E-state index in [1.165, 1.54) is 18.4 Å². The summed E-state index contributed by atoms with van der Waals surface area (Å²) in [7, 11) is -3.08. The highest BCUT2D eigenvalue weighted by molar-refractivity contribution is 7.89. The van der Waals surface area contributed by atoms with Crippen LogP contribution in [0.2, 0.25) is 0 Å². The molecule has 0 aromatic carbocycles. The van der Waals surface area contributed by atoms with Gasteiger partial charge in [0, 0.05) is 32.0 Å². The third-order valence-electron chi connectivity index (χ3n) is 5.57. The molecule has 0 N–H and O–H groups in total.